The van der Waals surface area contributed by atoms with Crippen molar-refractivity contribution in [1.29, 1.82) is 0 Å². The molecule has 0 rings (SSSR count). The van der Waals surface area contributed by atoms with Crippen LogP contribution in [0, 0.1) is 0 Å². The standard InChI is InChI=1S/C19H36N.BrH/c1-5-9-10-11-12-13-14-15-19-20(16-6-2,17-7-3)18-8-4;/h6-8H,2-5,9-19H2,1H3;1H/q+1;/p-1. The van der Waals surface area contributed by atoms with Crippen molar-refractivity contribution >= 4 is 0 Å². The molecule has 0 aromatic heterocycles. The van der Waals surface area contributed by atoms with E-state index in [0.29, 0.717) is 0 Å². The maximum Gasteiger partial charge on any atom is 0.0975 e. The van der Waals surface area contributed by atoms with Gasteiger partial charge < -0.3 is 21.5 Å². The van der Waals surface area contributed by atoms with Crippen LogP contribution in [-0.4, -0.2) is 30.7 Å². The van der Waals surface area contributed by atoms with Gasteiger partial charge in [0.25, 0.3) is 0 Å². The Balaban J connectivity index is 0. The van der Waals surface area contributed by atoms with Gasteiger partial charge in [0.05, 0.1) is 26.2 Å². The molecule has 0 saturated carbocycles. The first-order valence-corrected chi connectivity index (χ1v) is 8.42. The summed E-state index contributed by atoms with van der Waals surface area (Å²) in [4.78, 5) is 0. The fourth-order valence-corrected chi connectivity index (χ4v) is 2.90. The lowest BCUT2D eigenvalue weighted by atomic mass is 10.1. The van der Waals surface area contributed by atoms with Gasteiger partial charge in [-0.15, -0.1) is 0 Å². The van der Waals surface area contributed by atoms with Crippen molar-refractivity contribution in [1.82, 2.24) is 0 Å². The number of hydrogen-bond acceptors (Lipinski definition) is 0. The molecule has 0 bridgehead atoms. The Labute approximate surface area is 144 Å². The van der Waals surface area contributed by atoms with Crippen LogP contribution in [0.15, 0.2) is 38.0 Å². The van der Waals surface area contributed by atoms with Crippen molar-refractivity contribution in [3.8, 4) is 0 Å². The third-order valence-electron chi connectivity index (χ3n) is 4.04. The van der Waals surface area contributed by atoms with Gasteiger partial charge in [-0.25, -0.2) is 0 Å². The lowest BCUT2D eigenvalue weighted by molar-refractivity contribution is -0.912. The highest BCUT2D eigenvalue weighted by Crippen LogP contribution is 2.13. The van der Waals surface area contributed by atoms with Gasteiger partial charge in [0.15, 0.2) is 0 Å². The van der Waals surface area contributed by atoms with Gasteiger partial charge in [0.2, 0.25) is 0 Å². The smallest absolute Gasteiger partial charge is 0.0975 e. The molecule has 2 heteroatoms. The van der Waals surface area contributed by atoms with Crippen LogP contribution in [0.4, 0.5) is 0 Å². The van der Waals surface area contributed by atoms with E-state index in [4.69, 9.17) is 0 Å². The highest BCUT2D eigenvalue weighted by Gasteiger charge is 2.21. The molecule has 0 saturated heterocycles. The van der Waals surface area contributed by atoms with Crippen LogP contribution in [-0.2, 0) is 0 Å². The van der Waals surface area contributed by atoms with Gasteiger partial charge in [0, 0.05) is 0 Å². The summed E-state index contributed by atoms with van der Waals surface area (Å²) < 4.78 is 1.05. The largest absolute Gasteiger partial charge is 1.00 e. The van der Waals surface area contributed by atoms with E-state index in [0.717, 1.165) is 24.1 Å². The Kier molecular flexibility index (Phi) is 17.5. The third-order valence-corrected chi connectivity index (χ3v) is 4.04. The minimum Gasteiger partial charge on any atom is -1.00 e. The van der Waals surface area contributed by atoms with Crippen LogP contribution in [0.2, 0.25) is 0 Å². The van der Waals surface area contributed by atoms with Crippen molar-refractivity contribution in [2.45, 2.75) is 58.3 Å². The minimum absolute atomic E-state index is 0. The van der Waals surface area contributed by atoms with Gasteiger partial charge in [0.1, 0.15) is 0 Å². The van der Waals surface area contributed by atoms with Crippen LogP contribution < -0.4 is 17.0 Å². The highest BCUT2D eigenvalue weighted by molar-refractivity contribution is 4.76. The maximum absolute atomic E-state index is 3.91. The predicted octanol–water partition coefficient (Wildman–Crippen LogP) is 2.51. The van der Waals surface area contributed by atoms with Crippen molar-refractivity contribution < 1.29 is 21.5 Å². The number of quaternary nitrogens is 1. The van der Waals surface area contributed by atoms with E-state index in [-0.39, 0.29) is 17.0 Å². The van der Waals surface area contributed by atoms with Crippen LogP contribution in [0.3, 0.4) is 0 Å². The number of rotatable bonds is 15. The molecule has 0 aromatic carbocycles. The van der Waals surface area contributed by atoms with Crippen LogP contribution in [0.1, 0.15) is 58.3 Å². The Morgan fingerprint density at radius 2 is 1.05 bits per heavy atom. The number of unbranched alkanes of at least 4 members (excludes halogenated alkanes) is 7. The Morgan fingerprint density at radius 1 is 0.667 bits per heavy atom. The first-order chi connectivity index (χ1) is 9.74. The first-order valence-electron chi connectivity index (χ1n) is 8.42. The van der Waals surface area contributed by atoms with E-state index in [9.17, 15) is 0 Å². The zero-order valence-corrected chi connectivity index (χ0v) is 15.7. The predicted molar refractivity (Wildman–Crippen MR) is 92.9 cm³/mol. The number of hydrogen-bond donors (Lipinski definition) is 0. The highest BCUT2D eigenvalue weighted by atomic mass is 79.9. The monoisotopic (exact) mass is 357 g/mol. The average molecular weight is 358 g/mol. The molecule has 0 spiro atoms. The second kappa shape index (κ2) is 16.0. The summed E-state index contributed by atoms with van der Waals surface area (Å²) >= 11 is 0. The molecule has 21 heavy (non-hydrogen) atoms. The van der Waals surface area contributed by atoms with E-state index < -0.39 is 0 Å². The summed E-state index contributed by atoms with van der Waals surface area (Å²) in [5.41, 5.74) is 0. The van der Waals surface area contributed by atoms with Crippen molar-refractivity contribution in [2.24, 2.45) is 0 Å². The number of halogens is 1. The van der Waals surface area contributed by atoms with Crippen LogP contribution >= 0.6 is 0 Å². The SMILES string of the molecule is C=CC[N+](CC=C)(CC=C)CCCCCCCCCC.[Br-]. The molecule has 0 aliphatic carbocycles. The fraction of sp³-hybridized carbons (Fsp3) is 0.684. The quantitative estimate of drug-likeness (QED) is 0.240. The summed E-state index contributed by atoms with van der Waals surface area (Å²) in [5, 5.41) is 0. The molecule has 0 atom stereocenters. The first kappa shape index (κ1) is 22.9. The Bertz CT molecular complexity index is 234. The lowest BCUT2D eigenvalue weighted by Crippen LogP contribution is -3.00. The number of nitrogens with zero attached hydrogens (tertiary/aromatic N) is 1. The maximum atomic E-state index is 3.91. The molecule has 1 nitrogen and oxygen atoms in total. The van der Waals surface area contributed by atoms with Crippen LogP contribution in [0.25, 0.3) is 0 Å². The molecule has 0 aromatic rings. The van der Waals surface area contributed by atoms with E-state index in [1.807, 2.05) is 18.2 Å². The van der Waals surface area contributed by atoms with Gasteiger partial charge in [-0.3, -0.25) is 0 Å². The Morgan fingerprint density at radius 3 is 1.43 bits per heavy atom. The normalized spacial score (nSPS) is 10.7. The molecule has 124 valence electrons. The van der Waals surface area contributed by atoms with E-state index in [2.05, 4.69) is 26.7 Å². The second-order valence-electron chi connectivity index (χ2n) is 5.95. The molecule has 0 radical (unpaired) electrons. The third kappa shape index (κ3) is 11.9. The fourth-order valence-electron chi connectivity index (χ4n) is 2.90. The zero-order valence-electron chi connectivity index (χ0n) is 14.2. The molecule has 0 unspecified atom stereocenters. The molecule has 0 N–H and O–H groups in total. The van der Waals surface area contributed by atoms with Crippen LogP contribution in [0.5, 0.6) is 0 Å². The van der Waals surface area contributed by atoms with Crippen molar-refractivity contribution in [2.75, 3.05) is 26.2 Å². The van der Waals surface area contributed by atoms with Gasteiger partial charge in [-0.2, -0.15) is 0 Å². The molecular weight excluding hydrogens is 322 g/mol. The molecular formula is C19H36BrN. The molecule has 0 aliphatic heterocycles. The lowest BCUT2D eigenvalue weighted by Gasteiger charge is -2.36. The summed E-state index contributed by atoms with van der Waals surface area (Å²) in [6.07, 6.45) is 17.2. The summed E-state index contributed by atoms with van der Waals surface area (Å²) in [6.45, 7) is 18.3. The average Bonchev–Trinajstić information content (AvgIpc) is 2.43. The summed E-state index contributed by atoms with van der Waals surface area (Å²) in [7, 11) is 0. The van der Waals surface area contributed by atoms with Crippen molar-refractivity contribution in [3.05, 3.63) is 38.0 Å². The molecule has 0 aliphatic rings. The minimum atomic E-state index is 0. The van der Waals surface area contributed by atoms with Gasteiger partial charge in [-0.1, -0.05) is 65.2 Å². The Hall–Kier alpha value is -0.340. The summed E-state index contributed by atoms with van der Waals surface area (Å²) in [6, 6.07) is 0. The molecule has 0 fully saturated rings. The van der Waals surface area contributed by atoms with E-state index in [1.54, 1.807) is 0 Å². The second-order valence-corrected chi connectivity index (χ2v) is 5.95. The van der Waals surface area contributed by atoms with E-state index >= 15 is 0 Å². The van der Waals surface area contributed by atoms with E-state index in [1.165, 1.54) is 57.9 Å². The summed E-state index contributed by atoms with van der Waals surface area (Å²) in [5.74, 6) is 0. The van der Waals surface area contributed by atoms with Crippen molar-refractivity contribution in [3.63, 3.8) is 0 Å². The zero-order chi connectivity index (χ0) is 15.1. The molecule has 0 amide bonds. The topological polar surface area (TPSA) is 0 Å². The van der Waals surface area contributed by atoms with Gasteiger partial charge in [-0.05, 0) is 31.1 Å². The molecule has 0 heterocycles. The van der Waals surface area contributed by atoms with Gasteiger partial charge >= 0.3 is 0 Å².